The molecule has 8 rings (SSSR count). The molecule has 0 aliphatic rings. The molecule has 4 nitrogen and oxygen atoms in total. The van der Waals surface area contributed by atoms with Gasteiger partial charge in [0.1, 0.15) is 0 Å². The Morgan fingerprint density at radius 3 is 0.955 bits per heavy atom. The summed E-state index contributed by atoms with van der Waals surface area (Å²) in [4.78, 5) is 9.70. The predicted molar refractivity (Wildman–Crippen MR) is 185 cm³/mol. The Balaban J connectivity index is 0.974. The highest BCUT2D eigenvalue weighted by Gasteiger charge is 2.11. The number of nitrogens with zero attached hydrogens (tertiary/aromatic N) is 2. The first-order valence-corrected chi connectivity index (χ1v) is 15.1. The Hall–Kier alpha value is -5.74. The molecule has 44 heavy (non-hydrogen) atoms. The number of fused-ring (bicyclic) bond motifs is 4. The third kappa shape index (κ3) is 4.97. The fourth-order valence-corrected chi connectivity index (χ4v) is 6.04. The molecule has 0 saturated heterocycles. The van der Waals surface area contributed by atoms with Crippen molar-refractivity contribution in [2.24, 2.45) is 0 Å². The maximum atomic E-state index is 4.85. The zero-order valence-electron chi connectivity index (χ0n) is 24.2. The topological polar surface area (TPSA) is 49.8 Å². The van der Waals surface area contributed by atoms with Crippen molar-refractivity contribution in [1.82, 2.24) is 9.97 Å². The standard InChI is InChI=1S/C40H30N4/c1-5-13-35-31(9-1)39(32-10-2-6-14-36(32)43-35)41-29-23-19-27(20-24-29)17-18-28-21-25-30(26-22-28)42-40-33-11-3-7-15-37(33)44-38-16-8-4-12-34(38)40/h1-16,19-26H,17-18H2,(H,41,43)(H,42,44). The Morgan fingerprint density at radius 2 is 0.636 bits per heavy atom. The molecule has 0 aliphatic heterocycles. The number of anilines is 4. The van der Waals surface area contributed by atoms with Crippen molar-refractivity contribution < 1.29 is 0 Å². The number of nitrogens with one attached hydrogen (secondary N) is 2. The van der Waals surface area contributed by atoms with Gasteiger partial charge in [-0.05, 0) is 72.5 Å². The molecule has 0 aliphatic carbocycles. The van der Waals surface area contributed by atoms with Crippen LogP contribution in [0.1, 0.15) is 11.1 Å². The second-order valence-corrected chi connectivity index (χ2v) is 11.2. The molecule has 4 heteroatoms. The minimum atomic E-state index is 0.980. The van der Waals surface area contributed by atoms with Crippen molar-refractivity contribution in [3.05, 3.63) is 157 Å². The van der Waals surface area contributed by atoms with Gasteiger partial charge in [-0.25, -0.2) is 9.97 Å². The molecule has 0 atom stereocenters. The number of hydrogen-bond acceptors (Lipinski definition) is 4. The van der Waals surface area contributed by atoms with Gasteiger partial charge in [0.05, 0.1) is 33.4 Å². The lowest BCUT2D eigenvalue weighted by atomic mass is 10.0. The maximum absolute atomic E-state index is 4.85. The second-order valence-electron chi connectivity index (χ2n) is 11.2. The van der Waals surface area contributed by atoms with Crippen LogP contribution in [0.15, 0.2) is 146 Å². The minimum Gasteiger partial charge on any atom is -0.354 e. The molecule has 0 amide bonds. The SMILES string of the molecule is c1ccc2c(Nc3ccc(CCc4ccc(Nc5c6ccccc6nc6ccccc56)cc4)cc3)c3ccccc3nc2c1. The first-order valence-electron chi connectivity index (χ1n) is 15.1. The minimum absolute atomic E-state index is 0.980. The van der Waals surface area contributed by atoms with Crippen LogP contribution in [0.2, 0.25) is 0 Å². The van der Waals surface area contributed by atoms with Crippen LogP contribution >= 0.6 is 0 Å². The summed E-state index contributed by atoms with van der Waals surface area (Å²) in [5.74, 6) is 0. The summed E-state index contributed by atoms with van der Waals surface area (Å²) in [5.41, 5.74) is 10.9. The highest BCUT2D eigenvalue weighted by Crippen LogP contribution is 2.34. The quantitative estimate of drug-likeness (QED) is 0.188. The number of benzene rings is 6. The molecule has 6 aromatic carbocycles. The summed E-state index contributed by atoms with van der Waals surface area (Å²) in [6, 6.07) is 50.9. The van der Waals surface area contributed by atoms with Crippen LogP contribution in [-0.4, -0.2) is 9.97 Å². The molecule has 2 aromatic heterocycles. The van der Waals surface area contributed by atoms with Gasteiger partial charge in [-0.2, -0.15) is 0 Å². The van der Waals surface area contributed by atoms with Crippen LogP contribution in [-0.2, 0) is 12.8 Å². The van der Waals surface area contributed by atoms with E-state index < -0.39 is 0 Å². The number of aryl methyl sites for hydroxylation is 2. The zero-order chi connectivity index (χ0) is 29.3. The summed E-state index contributed by atoms with van der Waals surface area (Å²) in [7, 11) is 0. The van der Waals surface area contributed by atoms with E-state index in [4.69, 9.17) is 9.97 Å². The van der Waals surface area contributed by atoms with Gasteiger partial charge in [-0.3, -0.25) is 0 Å². The second kappa shape index (κ2) is 11.2. The summed E-state index contributed by atoms with van der Waals surface area (Å²) in [5, 5.41) is 11.9. The van der Waals surface area contributed by atoms with Crippen molar-refractivity contribution in [2.45, 2.75) is 12.8 Å². The Morgan fingerprint density at radius 1 is 0.341 bits per heavy atom. The number of aromatic nitrogens is 2. The molecule has 0 saturated carbocycles. The molecule has 0 unspecified atom stereocenters. The lowest BCUT2D eigenvalue weighted by Gasteiger charge is -2.14. The Labute approximate surface area is 256 Å². The number of hydrogen-bond donors (Lipinski definition) is 2. The van der Waals surface area contributed by atoms with Gasteiger partial charge in [0.15, 0.2) is 0 Å². The third-order valence-electron chi connectivity index (χ3n) is 8.32. The molecular formula is C40H30N4. The van der Waals surface area contributed by atoms with Crippen LogP contribution in [0.5, 0.6) is 0 Å². The molecule has 0 bridgehead atoms. The number of rotatable bonds is 7. The van der Waals surface area contributed by atoms with Gasteiger partial charge >= 0.3 is 0 Å². The smallest absolute Gasteiger partial charge is 0.0730 e. The van der Waals surface area contributed by atoms with Gasteiger partial charge in [-0.15, -0.1) is 0 Å². The molecule has 2 heterocycles. The summed E-state index contributed by atoms with van der Waals surface area (Å²) in [6.07, 6.45) is 1.96. The molecule has 0 fully saturated rings. The zero-order valence-corrected chi connectivity index (χ0v) is 24.2. The average molecular weight is 567 g/mol. The van der Waals surface area contributed by atoms with Crippen molar-refractivity contribution in [2.75, 3.05) is 10.6 Å². The van der Waals surface area contributed by atoms with E-state index in [1.807, 2.05) is 24.3 Å². The first kappa shape index (κ1) is 25.9. The monoisotopic (exact) mass is 566 g/mol. The van der Waals surface area contributed by atoms with Crippen LogP contribution in [0, 0.1) is 0 Å². The number of para-hydroxylation sites is 4. The average Bonchev–Trinajstić information content (AvgIpc) is 3.08. The van der Waals surface area contributed by atoms with Crippen LogP contribution in [0.25, 0.3) is 43.6 Å². The van der Waals surface area contributed by atoms with Gasteiger partial charge < -0.3 is 10.6 Å². The van der Waals surface area contributed by atoms with Crippen molar-refractivity contribution in [3.8, 4) is 0 Å². The van der Waals surface area contributed by atoms with E-state index in [0.717, 1.165) is 79.2 Å². The molecule has 210 valence electrons. The van der Waals surface area contributed by atoms with Gasteiger partial charge in [0.2, 0.25) is 0 Å². The Bertz CT molecular complexity index is 2000. The van der Waals surface area contributed by atoms with Crippen molar-refractivity contribution in [1.29, 1.82) is 0 Å². The lowest BCUT2D eigenvalue weighted by molar-refractivity contribution is 0.961. The molecule has 2 N–H and O–H groups in total. The van der Waals surface area contributed by atoms with Crippen LogP contribution in [0.4, 0.5) is 22.7 Å². The summed E-state index contributed by atoms with van der Waals surface area (Å²) in [6.45, 7) is 0. The van der Waals surface area contributed by atoms with E-state index in [1.54, 1.807) is 0 Å². The lowest BCUT2D eigenvalue weighted by Crippen LogP contribution is -1.97. The Kier molecular flexibility index (Phi) is 6.58. The van der Waals surface area contributed by atoms with Crippen LogP contribution < -0.4 is 10.6 Å². The van der Waals surface area contributed by atoms with E-state index in [0.29, 0.717) is 0 Å². The highest BCUT2D eigenvalue weighted by molar-refractivity contribution is 6.09. The first-order chi connectivity index (χ1) is 21.8. The largest absolute Gasteiger partial charge is 0.354 e. The molecule has 0 radical (unpaired) electrons. The molecule has 8 aromatic rings. The molecule has 0 spiro atoms. The predicted octanol–water partition coefficient (Wildman–Crippen LogP) is 10.4. The van der Waals surface area contributed by atoms with E-state index in [1.165, 1.54) is 11.1 Å². The number of pyridine rings is 2. The van der Waals surface area contributed by atoms with E-state index in [2.05, 4.69) is 132 Å². The summed E-state index contributed by atoms with van der Waals surface area (Å²) >= 11 is 0. The highest BCUT2D eigenvalue weighted by atomic mass is 14.9. The molecular weight excluding hydrogens is 536 g/mol. The fraction of sp³-hybridized carbons (Fsp3) is 0.0500. The summed E-state index contributed by atoms with van der Waals surface area (Å²) < 4.78 is 0. The fourth-order valence-electron chi connectivity index (χ4n) is 6.04. The maximum Gasteiger partial charge on any atom is 0.0730 e. The van der Waals surface area contributed by atoms with E-state index in [-0.39, 0.29) is 0 Å². The van der Waals surface area contributed by atoms with Crippen LogP contribution in [0.3, 0.4) is 0 Å². The van der Waals surface area contributed by atoms with Crippen molar-refractivity contribution >= 4 is 66.4 Å². The van der Waals surface area contributed by atoms with Gasteiger partial charge in [0.25, 0.3) is 0 Å². The van der Waals surface area contributed by atoms with E-state index in [9.17, 15) is 0 Å². The van der Waals surface area contributed by atoms with E-state index >= 15 is 0 Å². The van der Waals surface area contributed by atoms with Gasteiger partial charge in [-0.1, -0.05) is 97.1 Å². The third-order valence-corrected chi connectivity index (χ3v) is 8.32. The normalized spacial score (nSPS) is 11.4. The van der Waals surface area contributed by atoms with Crippen molar-refractivity contribution in [3.63, 3.8) is 0 Å². The van der Waals surface area contributed by atoms with Gasteiger partial charge in [0, 0.05) is 32.9 Å².